The Hall–Kier alpha value is -1.90. The second-order valence-electron chi connectivity index (χ2n) is 5.53. The first kappa shape index (κ1) is 15.5. The Morgan fingerprint density at radius 1 is 0.952 bits per heavy atom. The van der Waals surface area contributed by atoms with Gasteiger partial charge < -0.3 is 5.32 Å². The molecule has 21 heavy (non-hydrogen) atoms. The van der Waals surface area contributed by atoms with Gasteiger partial charge in [-0.05, 0) is 43.9 Å². The first-order valence-corrected chi connectivity index (χ1v) is 7.83. The predicted octanol–water partition coefficient (Wildman–Crippen LogP) is 4.53. The van der Waals surface area contributed by atoms with Crippen molar-refractivity contribution in [3.63, 3.8) is 0 Å². The number of nitrogens with zero attached hydrogens (tertiary/aromatic N) is 2. The van der Waals surface area contributed by atoms with Gasteiger partial charge in [0.05, 0.1) is 5.69 Å². The van der Waals surface area contributed by atoms with Crippen molar-refractivity contribution in [2.24, 2.45) is 0 Å². The van der Waals surface area contributed by atoms with E-state index in [-0.39, 0.29) is 0 Å². The quantitative estimate of drug-likeness (QED) is 0.846. The summed E-state index contributed by atoms with van der Waals surface area (Å²) in [5, 5.41) is 3.38. The SMILES string of the molecule is CCCNc1cc(-c2ccc(C)c(C)c2)nc(CCC)n1. The van der Waals surface area contributed by atoms with E-state index in [2.05, 4.69) is 62.3 Å². The molecule has 0 aliphatic carbocycles. The van der Waals surface area contributed by atoms with Crippen LogP contribution >= 0.6 is 0 Å². The summed E-state index contributed by atoms with van der Waals surface area (Å²) in [6, 6.07) is 8.56. The van der Waals surface area contributed by atoms with E-state index in [0.717, 1.165) is 48.7 Å². The Balaban J connectivity index is 2.40. The van der Waals surface area contributed by atoms with E-state index in [0.29, 0.717) is 0 Å². The number of hydrogen-bond donors (Lipinski definition) is 1. The summed E-state index contributed by atoms with van der Waals surface area (Å²) in [7, 11) is 0. The average Bonchev–Trinajstić information content (AvgIpc) is 2.48. The molecular formula is C18H25N3. The van der Waals surface area contributed by atoms with Gasteiger partial charge in [0, 0.05) is 24.6 Å². The fourth-order valence-electron chi connectivity index (χ4n) is 2.22. The summed E-state index contributed by atoms with van der Waals surface area (Å²) in [6.45, 7) is 9.53. The highest BCUT2D eigenvalue weighted by molar-refractivity contribution is 5.64. The number of rotatable bonds is 6. The molecule has 0 radical (unpaired) electrons. The highest BCUT2D eigenvalue weighted by Gasteiger charge is 2.07. The van der Waals surface area contributed by atoms with Gasteiger partial charge in [-0.3, -0.25) is 0 Å². The third-order valence-corrected chi connectivity index (χ3v) is 3.60. The Kier molecular flexibility index (Phi) is 5.32. The third-order valence-electron chi connectivity index (χ3n) is 3.60. The molecule has 0 atom stereocenters. The van der Waals surface area contributed by atoms with E-state index in [4.69, 9.17) is 4.98 Å². The molecule has 1 heterocycles. The second kappa shape index (κ2) is 7.21. The van der Waals surface area contributed by atoms with Crippen LogP contribution in [0.5, 0.6) is 0 Å². The van der Waals surface area contributed by atoms with E-state index in [9.17, 15) is 0 Å². The zero-order valence-electron chi connectivity index (χ0n) is 13.5. The molecule has 1 N–H and O–H groups in total. The highest BCUT2D eigenvalue weighted by Crippen LogP contribution is 2.23. The smallest absolute Gasteiger partial charge is 0.131 e. The molecule has 112 valence electrons. The topological polar surface area (TPSA) is 37.8 Å². The molecule has 0 saturated carbocycles. The first-order valence-electron chi connectivity index (χ1n) is 7.83. The maximum Gasteiger partial charge on any atom is 0.131 e. The minimum absolute atomic E-state index is 0.916. The minimum atomic E-state index is 0.916. The molecule has 3 heteroatoms. The molecule has 0 aliphatic heterocycles. The van der Waals surface area contributed by atoms with E-state index in [1.54, 1.807) is 0 Å². The van der Waals surface area contributed by atoms with Crippen LogP contribution in [0.25, 0.3) is 11.3 Å². The number of nitrogens with one attached hydrogen (secondary N) is 1. The van der Waals surface area contributed by atoms with Crippen LogP contribution in [-0.4, -0.2) is 16.5 Å². The maximum atomic E-state index is 4.72. The summed E-state index contributed by atoms with van der Waals surface area (Å²) in [5.74, 6) is 1.86. The van der Waals surface area contributed by atoms with Crippen LogP contribution in [-0.2, 0) is 6.42 Å². The van der Waals surface area contributed by atoms with Crippen molar-refractivity contribution in [3.05, 3.63) is 41.2 Å². The molecule has 2 rings (SSSR count). The molecule has 0 bridgehead atoms. The van der Waals surface area contributed by atoms with Gasteiger partial charge in [-0.1, -0.05) is 26.0 Å². The van der Waals surface area contributed by atoms with Crippen LogP contribution in [0.4, 0.5) is 5.82 Å². The summed E-state index contributed by atoms with van der Waals surface area (Å²) in [5.41, 5.74) is 4.78. The fraction of sp³-hybridized carbons (Fsp3) is 0.444. The van der Waals surface area contributed by atoms with Crippen molar-refractivity contribution in [2.75, 3.05) is 11.9 Å². The lowest BCUT2D eigenvalue weighted by molar-refractivity contribution is 0.834. The Labute approximate surface area is 127 Å². The summed E-state index contributed by atoms with van der Waals surface area (Å²) < 4.78 is 0. The van der Waals surface area contributed by atoms with Gasteiger partial charge in [-0.25, -0.2) is 9.97 Å². The van der Waals surface area contributed by atoms with Crippen molar-refractivity contribution in [1.82, 2.24) is 9.97 Å². The standard InChI is InChI=1S/C18H25N3/c1-5-7-17-20-16(12-18(21-17)19-10-6-2)15-9-8-13(3)14(4)11-15/h8-9,11-12H,5-7,10H2,1-4H3,(H,19,20,21). The molecule has 0 amide bonds. The zero-order chi connectivity index (χ0) is 15.2. The number of benzene rings is 1. The summed E-state index contributed by atoms with van der Waals surface area (Å²) in [4.78, 5) is 9.33. The van der Waals surface area contributed by atoms with Gasteiger partial charge in [0.25, 0.3) is 0 Å². The molecule has 2 aromatic rings. The molecule has 0 unspecified atom stereocenters. The van der Waals surface area contributed by atoms with Crippen molar-refractivity contribution in [2.45, 2.75) is 47.0 Å². The van der Waals surface area contributed by atoms with Gasteiger partial charge in [0.1, 0.15) is 11.6 Å². The molecule has 1 aromatic heterocycles. The van der Waals surface area contributed by atoms with Crippen LogP contribution in [0.3, 0.4) is 0 Å². The van der Waals surface area contributed by atoms with Crippen LogP contribution in [0.15, 0.2) is 24.3 Å². The van der Waals surface area contributed by atoms with Crippen molar-refractivity contribution >= 4 is 5.82 Å². The lowest BCUT2D eigenvalue weighted by atomic mass is 10.0. The Morgan fingerprint density at radius 2 is 1.76 bits per heavy atom. The van der Waals surface area contributed by atoms with E-state index in [1.165, 1.54) is 11.1 Å². The Morgan fingerprint density at radius 3 is 2.43 bits per heavy atom. The molecule has 0 saturated heterocycles. The van der Waals surface area contributed by atoms with Crippen LogP contribution in [0.1, 0.15) is 43.6 Å². The van der Waals surface area contributed by atoms with E-state index < -0.39 is 0 Å². The molecule has 0 spiro atoms. The molecular weight excluding hydrogens is 258 g/mol. The van der Waals surface area contributed by atoms with Gasteiger partial charge in [0.2, 0.25) is 0 Å². The number of anilines is 1. The summed E-state index contributed by atoms with van der Waals surface area (Å²) >= 11 is 0. The largest absolute Gasteiger partial charge is 0.370 e. The van der Waals surface area contributed by atoms with E-state index >= 15 is 0 Å². The van der Waals surface area contributed by atoms with Crippen molar-refractivity contribution in [3.8, 4) is 11.3 Å². The minimum Gasteiger partial charge on any atom is -0.370 e. The molecule has 0 aliphatic rings. The predicted molar refractivity (Wildman–Crippen MR) is 89.7 cm³/mol. The average molecular weight is 283 g/mol. The van der Waals surface area contributed by atoms with Gasteiger partial charge >= 0.3 is 0 Å². The zero-order valence-corrected chi connectivity index (χ0v) is 13.5. The third kappa shape index (κ3) is 4.03. The van der Waals surface area contributed by atoms with Crippen molar-refractivity contribution < 1.29 is 0 Å². The number of aryl methyl sites for hydroxylation is 3. The normalized spacial score (nSPS) is 10.7. The van der Waals surface area contributed by atoms with Crippen LogP contribution < -0.4 is 5.32 Å². The van der Waals surface area contributed by atoms with Crippen LogP contribution in [0.2, 0.25) is 0 Å². The number of hydrogen-bond acceptors (Lipinski definition) is 3. The lowest BCUT2D eigenvalue weighted by Gasteiger charge is -2.10. The first-order chi connectivity index (χ1) is 10.1. The number of aromatic nitrogens is 2. The molecule has 1 aromatic carbocycles. The van der Waals surface area contributed by atoms with Gasteiger partial charge in [-0.15, -0.1) is 0 Å². The highest BCUT2D eigenvalue weighted by atomic mass is 15.0. The summed E-state index contributed by atoms with van der Waals surface area (Å²) in [6.07, 6.45) is 3.06. The van der Waals surface area contributed by atoms with Crippen LogP contribution in [0, 0.1) is 13.8 Å². The maximum absolute atomic E-state index is 4.72. The van der Waals surface area contributed by atoms with Crippen molar-refractivity contribution in [1.29, 1.82) is 0 Å². The lowest BCUT2D eigenvalue weighted by Crippen LogP contribution is -2.06. The van der Waals surface area contributed by atoms with E-state index in [1.807, 2.05) is 0 Å². The molecule has 3 nitrogen and oxygen atoms in total. The van der Waals surface area contributed by atoms with Gasteiger partial charge in [0.15, 0.2) is 0 Å². The second-order valence-corrected chi connectivity index (χ2v) is 5.53. The fourth-order valence-corrected chi connectivity index (χ4v) is 2.22. The van der Waals surface area contributed by atoms with Gasteiger partial charge in [-0.2, -0.15) is 0 Å². The monoisotopic (exact) mass is 283 g/mol. The molecule has 0 fully saturated rings. The Bertz CT molecular complexity index is 605.